The Bertz CT molecular complexity index is 368. The molecule has 2 fully saturated rings. The minimum absolute atomic E-state index is 0.184. The standard InChI is InChI=1S/C17H27NO2/c1-2-20-16(19)12-17(13-18)11-7-6-10-15(17)14-8-4-3-5-9-14/h14-15H,2-12H2,1H3/t15-,17-/m1/s1. The molecule has 0 heterocycles. The molecule has 3 heteroatoms. The zero-order chi connectivity index (χ0) is 14.4. The van der Waals surface area contributed by atoms with Crippen LogP contribution in [0.4, 0.5) is 0 Å². The SMILES string of the molecule is CCOC(=O)C[C@@]1(C#N)CCCC[C@@H]1C1CCCCC1. The van der Waals surface area contributed by atoms with Gasteiger partial charge in [0.05, 0.1) is 24.5 Å². The zero-order valence-electron chi connectivity index (χ0n) is 12.7. The van der Waals surface area contributed by atoms with Gasteiger partial charge in [0.25, 0.3) is 0 Å². The molecule has 0 bridgehead atoms. The lowest BCUT2D eigenvalue weighted by Gasteiger charge is -2.44. The van der Waals surface area contributed by atoms with E-state index < -0.39 is 5.41 Å². The largest absolute Gasteiger partial charge is 0.466 e. The van der Waals surface area contributed by atoms with Crippen molar-refractivity contribution in [2.75, 3.05) is 6.61 Å². The molecule has 0 saturated heterocycles. The Morgan fingerprint density at radius 3 is 2.55 bits per heavy atom. The highest BCUT2D eigenvalue weighted by Gasteiger charge is 2.46. The topological polar surface area (TPSA) is 50.1 Å². The van der Waals surface area contributed by atoms with E-state index in [4.69, 9.17) is 4.74 Å². The summed E-state index contributed by atoms with van der Waals surface area (Å²) in [4.78, 5) is 11.9. The van der Waals surface area contributed by atoms with Gasteiger partial charge in [-0.05, 0) is 31.6 Å². The monoisotopic (exact) mass is 277 g/mol. The van der Waals surface area contributed by atoms with Gasteiger partial charge in [-0.2, -0.15) is 5.26 Å². The summed E-state index contributed by atoms with van der Waals surface area (Å²) in [5.74, 6) is 0.876. The van der Waals surface area contributed by atoms with E-state index in [0.29, 0.717) is 24.9 Å². The number of hydrogen-bond donors (Lipinski definition) is 0. The molecule has 2 aliphatic rings. The highest BCUT2D eigenvalue weighted by atomic mass is 16.5. The number of ether oxygens (including phenoxy) is 1. The number of esters is 1. The quantitative estimate of drug-likeness (QED) is 0.723. The molecule has 2 saturated carbocycles. The fourth-order valence-corrected chi connectivity index (χ4v) is 4.36. The maximum atomic E-state index is 11.9. The number of carbonyl (C=O) groups excluding carboxylic acids is 1. The second kappa shape index (κ2) is 7.11. The van der Waals surface area contributed by atoms with Crippen molar-refractivity contribution in [1.82, 2.24) is 0 Å². The second-order valence-electron chi connectivity index (χ2n) is 6.50. The van der Waals surface area contributed by atoms with Crippen LogP contribution in [-0.2, 0) is 9.53 Å². The van der Waals surface area contributed by atoms with Gasteiger partial charge in [-0.25, -0.2) is 0 Å². The van der Waals surface area contributed by atoms with Gasteiger partial charge in [0.1, 0.15) is 0 Å². The van der Waals surface area contributed by atoms with Gasteiger partial charge in [-0.3, -0.25) is 4.79 Å². The molecular weight excluding hydrogens is 250 g/mol. The van der Waals surface area contributed by atoms with Crippen LogP contribution in [0.15, 0.2) is 0 Å². The van der Waals surface area contributed by atoms with E-state index in [2.05, 4.69) is 6.07 Å². The number of carbonyl (C=O) groups is 1. The van der Waals surface area contributed by atoms with Gasteiger partial charge >= 0.3 is 5.97 Å². The minimum Gasteiger partial charge on any atom is -0.466 e. The first-order chi connectivity index (χ1) is 9.72. The first kappa shape index (κ1) is 15.4. The third-order valence-corrected chi connectivity index (χ3v) is 5.30. The van der Waals surface area contributed by atoms with Gasteiger partial charge in [-0.15, -0.1) is 0 Å². The number of hydrogen-bond acceptors (Lipinski definition) is 3. The van der Waals surface area contributed by atoms with E-state index in [0.717, 1.165) is 19.3 Å². The normalized spacial score (nSPS) is 31.5. The molecule has 0 aromatic carbocycles. The van der Waals surface area contributed by atoms with E-state index in [1.54, 1.807) is 0 Å². The molecule has 112 valence electrons. The predicted octanol–water partition coefficient (Wildman–Crippen LogP) is 4.22. The summed E-state index contributed by atoms with van der Waals surface area (Å²) in [5, 5.41) is 9.80. The van der Waals surface area contributed by atoms with Crippen molar-refractivity contribution in [3.05, 3.63) is 0 Å². The zero-order valence-corrected chi connectivity index (χ0v) is 12.7. The van der Waals surface area contributed by atoms with Gasteiger partial charge in [0, 0.05) is 0 Å². The van der Waals surface area contributed by atoms with Crippen molar-refractivity contribution in [3.63, 3.8) is 0 Å². The third-order valence-electron chi connectivity index (χ3n) is 5.30. The smallest absolute Gasteiger partial charge is 0.307 e. The maximum absolute atomic E-state index is 11.9. The Morgan fingerprint density at radius 1 is 1.20 bits per heavy atom. The van der Waals surface area contributed by atoms with Gasteiger partial charge in [-0.1, -0.05) is 44.9 Å². The molecule has 0 amide bonds. The van der Waals surface area contributed by atoms with E-state index in [1.165, 1.54) is 38.5 Å². The van der Waals surface area contributed by atoms with Crippen LogP contribution in [0.2, 0.25) is 0 Å². The van der Waals surface area contributed by atoms with Crippen molar-refractivity contribution >= 4 is 5.97 Å². The first-order valence-electron chi connectivity index (χ1n) is 8.29. The summed E-state index contributed by atoms with van der Waals surface area (Å²) in [6, 6.07) is 2.55. The van der Waals surface area contributed by atoms with Crippen LogP contribution < -0.4 is 0 Å². The Labute approximate surface area is 122 Å². The Balaban J connectivity index is 2.13. The van der Waals surface area contributed by atoms with Crippen LogP contribution in [0.3, 0.4) is 0 Å². The van der Waals surface area contributed by atoms with Crippen LogP contribution in [0.5, 0.6) is 0 Å². The molecule has 0 radical (unpaired) electrons. The highest BCUT2D eigenvalue weighted by molar-refractivity contribution is 5.71. The molecular formula is C17H27NO2. The van der Waals surface area contributed by atoms with Crippen molar-refractivity contribution in [1.29, 1.82) is 5.26 Å². The summed E-state index contributed by atoms with van der Waals surface area (Å²) in [6.07, 6.45) is 11.0. The summed E-state index contributed by atoms with van der Waals surface area (Å²) in [5.41, 5.74) is -0.452. The summed E-state index contributed by atoms with van der Waals surface area (Å²) < 4.78 is 5.12. The molecule has 20 heavy (non-hydrogen) atoms. The van der Waals surface area contributed by atoms with Gasteiger partial charge in [0.15, 0.2) is 0 Å². The van der Waals surface area contributed by atoms with Crippen LogP contribution in [0, 0.1) is 28.6 Å². The van der Waals surface area contributed by atoms with Crippen molar-refractivity contribution in [2.45, 2.75) is 71.1 Å². The molecule has 0 aromatic heterocycles. The predicted molar refractivity (Wildman–Crippen MR) is 77.8 cm³/mol. The highest BCUT2D eigenvalue weighted by Crippen LogP contribution is 2.50. The molecule has 3 nitrogen and oxygen atoms in total. The average Bonchev–Trinajstić information content (AvgIpc) is 2.49. The molecule has 2 rings (SSSR count). The van der Waals surface area contributed by atoms with Crippen LogP contribution in [0.1, 0.15) is 71.1 Å². The summed E-state index contributed by atoms with van der Waals surface area (Å²) in [6.45, 7) is 2.24. The molecule has 0 aliphatic heterocycles. The third kappa shape index (κ3) is 3.34. The summed E-state index contributed by atoms with van der Waals surface area (Å²) in [7, 11) is 0. The molecule has 2 atom stereocenters. The van der Waals surface area contributed by atoms with E-state index in [9.17, 15) is 10.1 Å². The Morgan fingerprint density at radius 2 is 1.90 bits per heavy atom. The van der Waals surface area contributed by atoms with E-state index in [1.807, 2.05) is 6.92 Å². The Kier molecular flexibility index (Phi) is 5.46. The minimum atomic E-state index is -0.452. The lowest BCUT2D eigenvalue weighted by Crippen LogP contribution is -2.40. The molecule has 2 aliphatic carbocycles. The van der Waals surface area contributed by atoms with Crippen LogP contribution in [-0.4, -0.2) is 12.6 Å². The van der Waals surface area contributed by atoms with E-state index >= 15 is 0 Å². The molecule has 0 spiro atoms. The molecule has 0 unspecified atom stereocenters. The second-order valence-corrected chi connectivity index (χ2v) is 6.50. The van der Waals surface area contributed by atoms with Crippen molar-refractivity contribution in [3.8, 4) is 6.07 Å². The lowest BCUT2D eigenvalue weighted by atomic mass is 9.58. The van der Waals surface area contributed by atoms with Crippen LogP contribution >= 0.6 is 0 Å². The van der Waals surface area contributed by atoms with Crippen LogP contribution in [0.25, 0.3) is 0 Å². The lowest BCUT2D eigenvalue weighted by molar-refractivity contribution is -0.147. The van der Waals surface area contributed by atoms with E-state index in [-0.39, 0.29) is 5.97 Å². The first-order valence-corrected chi connectivity index (χ1v) is 8.29. The fraction of sp³-hybridized carbons (Fsp3) is 0.882. The van der Waals surface area contributed by atoms with Crippen molar-refractivity contribution in [2.24, 2.45) is 17.3 Å². The Hall–Kier alpha value is -1.04. The van der Waals surface area contributed by atoms with Crippen molar-refractivity contribution < 1.29 is 9.53 Å². The number of nitriles is 1. The van der Waals surface area contributed by atoms with Gasteiger partial charge in [0.2, 0.25) is 0 Å². The molecule has 0 N–H and O–H groups in total. The average molecular weight is 277 g/mol. The maximum Gasteiger partial charge on any atom is 0.307 e. The number of nitrogens with zero attached hydrogens (tertiary/aromatic N) is 1. The fourth-order valence-electron chi connectivity index (χ4n) is 4.36. The van der Waals surface area contributed by atoms with Gasteiger partial charge < -0.3 is 4.74 Å². The molecule has 0 aromatic rings. The number of rotatable bonds is 4. The summed E-state index contributed by atoms with van der Waals surface area (Å²) >= 11 is 0.